The molecule has 0 fully saturated rings. The van der Waals surface area contributed by atoms with Gasteiger partial charge in [-0.2, -0.15) is 18.7 Å². The van der Waals surface area contributed by atoms with Crippen molar-refractivity contribution in [3.63, 3.8) is 0 Å². The zero-order chi connectivity index (χ0) is 32.5. The number of rotatable bonds is 9. The van der Waals surface area contributed by atoms with Crippen LogP contribution in [-0.4, -0.2) is 39.7 Å². The lowest BCUT2D eigenvalue weighted by atomic mass is 9.97. The van der Waals surface area contributed by atoms with Gasteiger partial charge in [0.05, 0.1) is 18.2 Å². The van der Waals surface area contributed by atoms with Crippen LogP contribution < -0.4 is 15.1 Å². The van der Waals surface area contributed by atoms with Gasteiger partial charge in [-0.25, -0.2) is 9.97 Å². The van der Waals surface area contributed by atoms with Crippen LogP contribution in [0.25, 0.3) is 39.4 Å². The molecule has 8 nitrogen and oxygen atoms in total. The molecule has 2 aromatic heterocycles. The smallest absolute Gasteiger partial charge is 0.440 e. The fourth-order valence-corrected chi connectivity index (χ4v) is 4.64. The summed E-state index contributed by atoms with van der Waals surface area (Å²) in [5.41, 5.74) is 3.93. The Morgan fingerprint density at radius 3 is 2.22 bits per heavy atom. The van der Waals surface area contributed by atoms with E-state index in [9.17, 15) is 31.4 Å². The van der Waals surface area contributed by atoms with Gasteiger partial charge in [0.2, 0.25) is 5.89 Å². The number of aromatic nitrogens is 3. The minimum Gasteiger partial charge on any atom is -0.440 e. The number of benzene rings is 3. The van der Waals surface area contributed by atoms with Gasteiger partial charge in [-0.1, -0.05) is 25.1 Å². The summed E-state index contributed by atoms with van der Waals surface area (Å²) in [6.45, 7) is 2.74. The summed E-state index contributed by atoms with van der Waals surface area (Å²) in [7, 11) is 1.60. The number of aryl methyl sites for hydroxylation is 1. The van der Waals surface area contributed by atoms with Gasteiger partial charge < -0.3 is 23.7 Å². The van der Waals surface area contributed by atoms with Crippen LogP contribution in [0.15, 0.2) is 77.3 Å². The van der Waals surface area contributed by atoms with Gasteiger partial charge in [0.25, 0.3) is 0 Å². The van der Waals surface area contributed by atoms with Crippen molar-refractivity contribution in [2.75, 3.05) is 13.7 Å². The highest BCUT2D eigenvalue weighted by atomic mass is 19.4. The highest BCUT2D eigenvalue weighted by molar-refractivity contribution is 5.85. The number of nitrogens with zero attached hydrogens (tertiary/aromatic N) is 3. The molecule has 0 amide bonds. The lowest BCUT2D eigenvalue weighted by molar-refractivity contribution is -0.274. The maximum Gasteiger partial charge on any atom is 0.573 e. The fraction of sp³-hybridized carbons (Fsp3) is 0.226. The van der Waals surface area contributed by atoms with E-state index in [1.54, 1.807) is 50.4 Å². The van der Waals surface area contributed by atoms with Gasteiger partial charge in [0, 0.05) is 24.4 Å². The summed E-state index contributed by atoms with van der Waals surface area (Å²) < 4.78 is 90.6. The van der Waals surface area contributed by atoms with Crippen molar-refractivity contribution < 1.29 is 45.4 Å². The number of imidazole rings is 1. The van der Waals surface area contributed by atoms with Gasteiger partial charge in [-0.3, -0.25) is 0 Å². The Hall–Kier alpha value is -4.82. The topological polar surface area (TPSA) is 94.6 Å². The normalized spacial score (nSPS) is 12.8. The minimum absolute atomic E-state index is 0.0448. The molecule has 0 spiro atoms. The Morgan fingerprint density at radius 1 is 0.911 bits per heavy atom. The van der Waals surface area contributed by atoms with Gasteiger partial charge in [-0.15, -0.1) is 13.2 Å². The molecule has 5 aromatic rings. The molecule has 0 saturated heterocycles. The Balaban J connectivity index is 1.74. The Kier molecular flexibility index (Phi) is 8.63. The second-order valence-electron chi connectivity index (χ2n) is 9.99. The fourth-order valence-electron chi connectivity index (χ4n) is 4.64. The SMILES string of the molecule is CNOc1cccc(-c2ccc(-n3cc(C(F)(F)F)nc3C)c(-c3nc(C(C)CO)oc3-c3ccc(OC(F)(F)F)cc3)c2)c1. The van der Waals surface area contributed by atoms with Gasteiger partial charge in [-0.05, 0) is 66.6 Å². The summed E-state index contributed by atoms with van der Waals surface area (Å²) in [4.78, 5) is 13.7. The first kappa shape index (κ1) is 31.6. The third-order valence-corrected chi connectivity index (χ3v) is 6.76. The van der Waals surface area contributed by atoms with Crippen LogP contribution >= 0.6 is 0 Å². The standard InChI is InChI=1S/C31H26F6N4O4/c1-17(16-42)29-40-27(28(43-29)19-7-10-22(11-8-19)44-31(35,36)37)24-14-21(20-5-4-6-23(13-20)45-38-3)9-12-25(24)41-15-26(30(32,33)34)39-18(41)2/h4-15,17,38,42H,16H2,1-3H3. The molecule has 0 saturated carbocycles. The summed E-state index contributed by atoms with van der Waals surface area (Å²) >= 11 is 0. The number of alkyl halides is 6. The maximum atomic E-state index is 13.6. The Labute approximate surface area is 252 Å². The zero-order valence-corrected chi connectivity index (χ0v) is 24.0. The predicted octanol–water partition coefficient (Wildman–Crippen LogP) is 7.70. The highest BCUT2D eigenvalue weighted by Crippen LogP contribution is 2.41. The predicted molar refractivity (Wildman–Crippen MR) is 152 cm³/mol. The number of aliphatic hydroxyl groups is 1. The molecule has 2 N–H and O–H groups in total. The van der Waals surface area contributed by atoms with Crippen molar-refractivity contribution in [1.82, 2.24) is 20.0 Å². The van der Waals surface area contributed by atoms with E-state index in [1.807, 2.05) is 6.07 Å². The average molecular weight is 633 g/mol. The van der Waals surface area contributed by atoms with E-state index in [4.69, 9.17) is 9.25 Å². The number of hydrogen-bond donors (Lipinski definition) is 2. The third-order valence-electron chi connectivity index (χ3n) is 6.76. The first-order valence-electron chi connectivity index (χ1n) is 13.5. The van der Waals surface area contributed by atoms with E-state index in [-0.39, 0.29) is 35.5 Å². The molecular weight excluding hydrogens is 606 g/mol. The average Bonchev–Trinajstić information content (AvgIpc) is 3.61. The van der Waals surface area contributed by atoms with Crippen molar-refractivity contribution in [1.29, 1.82) is 0 Å². The molecule has 2 heterocycles. The summed E-state index contributed by atoms with van der Waals surface area (Å²) in [6.07, 6.45) is -8.73. The van der Waals surface area contributed by atoms with E-state index in [0.29, 0.717) is 28.0 Å². The molecule has 0 aliphatic carbocycles. The zero-order valence-electron chi connectivity index (χ0n) is 24.0. The number of nitrogens with one attached hydrogen (secondary N) is 1. The lowest BCUT2D eigenvalue weighted by Crippen LogP contribution is -2.16. The molecular formula is C31H26F6N4O4. The first-order chi connectivity index (χ1) is 21.3. The Bertz CT molecular complexity index is 1800. The molecule has 1 unspecified atom stereocenters. The minimum atomic E-state index is -4.90. The number of hydrogen-bond acceptors (Lipinski definition) is 7. The van der Waals surface area contributed by atoms with Gasteiger partial charge in [0.1, 0.15) is 23.0 Å². The molecule has 14 heteroatoms. The molecule has 5 rings (SSSR count). The van der Waals surface area contributed by atoms with Crippen LogP contribution in [0.4, 0.5) is 26.3 Å². The Morgan fingerprint density at radius 2 is 1.60 bits per heavy atom. The molecule has 236 valence electrons. The van der Waals surface area contributed by atoms with Crippen molar-refractivity contribution in [2.45, 2.75) is 32.3 Å². The molecule has 1 atom stereocenters. The van der Waals surface area contributed by atoms with Crippen molar-refractivity contribution >= 4 is 0 Å². The second kappa shape index (κ2) is 12.3. The lowest BCUT2D eigenvalue weighted by Gasteiger charge is -2.14. The quantitative estimate of drug-likeness (QED) is 0.127. The number of aliphatic hydroxyl groups excluding tert-OH is 1. The molecule has 0 aliphatic heterocycles. The first-order valence-corrected chi connectivity index (χ1v) is 13.5. The van der Waals surface area contributed by atoms with Crippen LogP contribution in [-0.2, 0) is 6.18 Å². The van der Waals surface area contributed by atoms with E-state index >= 15 is 0 Å². The summed E-state index contributed by atoms with van der Waals surface area (Å²) in [5.74, 6) is -0.275. The summed E-state index contributed by atoms with van der Waals surface area (Å²) in [6, 6.07) is 17.0. The van der Waals surface area contributed by atoms with Gasteiger partial charge in [0.15, 0.2) is 11.5 Å². The van der Waals surface area contributed by atoms with Crippen molar-refractivity contribution in [3.8, 4) is 50.9 Å². The van der Waals surface area contributed by atoms with E-state index in [1.165, 1.54) is 23.6 Å². The van der Waals surface area contributed by atoms with Crippen LogP contribution in [0.2, 0.25) is 0 Å². The maximum absolute atomic E-state index is 13.6. The second-order valence-corrected chi connectivity index (χ2v) is 9.99. The molecule has 3 aromatic carbocycles. The highest BCUT2D eigenvalue weighted by Gasteiger charge is 2.35. The monoisotopic (exact) mass is 632 g/mol. The molecule has 0 aliphatic rings. The number of oxazole rings is 1. The van der Waals surface area contributed by atoms with Crippen molar-refractivity contribution in [2.24, 2.45) is 0 Å². The van der Waals surface area contributed by atoms with Gasteiger partial charge >= 0.3 is 12.5 Å². The number of halogens is 6. The molecule has 0 radical (unpaired) electrons. The van der Waals surface area contributed by atoms with E-state index < -0.39 is 29.9 Å². The van der Waals surface area contributed by atoms with Crippen LogP contribution in [0.5, 0.6) is 11.5 Å². The number of ether oxygens (including phenoxy) is 1. The third kappa shape index (κ3) is 6.97. The van der Waals surface area contributed by atoms with Crippen molar-refractivity contribution in [3.05, 3.63) is 90.3 Å². The van der Waals surface area contributed by atoms with E-state index in [0.717, 1.165) is 18.3 Å². The largest absolute Gasteiger partial charge is 0.573 e. The van der Waals surface area contributed by atoms with Crippen LogP contribution in [0.3, 0.4) is 0 Å². The summed E-state index contributed by atoms with van der Waals surface area (Å²) in [5, 5.41) is 9.83. The number of hydroxylamine groups is 1. The van der Waals surface area contributed by atoms with E-state index in [2.05, 4.69) is 20.2 Å². The molecule has 0 bridgehead atoms. The van der Waals surface area contributed by atoms with Crippen LogP contribution in [0.1, 0.15) is 30.3 Å². The van der Waals surface area contributed by atoms with Crippen LogP contribution in [0, 0.1) is 6.92 Å². The molecule has 45 heavy (non-hydrogen) atoms.